The van der Waals surface area contributed by atoms with E-state index in [0.717, 1.165) is 10.0 Å². The fourth-order valence-corrected chi connectivity index (χ4v) is 2.78. The molecule has 0 aliphatic heterocycles. The summed E-state index contributed by atoms with van der Waals surface area (Å²) in [5, 5.41) is 1.49. The van der Waals surface area contributed by atoms with Crippen molar-refractivity contribution in [2.24, 2.45) is 11.7 Å². The summed E-state index contributed by atoms with van der Waals surface area (Å²) in [5.74, 6) is 0.527. The highest BCUT2D eigenvalue weighted by molar-refractivity contribution is 6.31. The van der Waals surface area contributed by atoms with Gasteiger partial charge in [-0.25, -0.2) is 0 Å². The van der Waals surface area contributed by atoms with E-state index in [1.165, 1.54) is 11.1 Å². The molecule has 1 atom stereocenters. The third-order valence-electron chi connectivity index (χ3n) is 3.36. The number of rotatable bonds is 4. The zero-order valence-corrected chi connectivity index (χ0v) is 12.3. The second-order valence-corrected chi connectivity index (χ2v) is 5.67. The van der Waals surface area contributed by atoms with Crippen LogP contribution in [0.2, 0.25) is 10.0 Å². The van der Waals surface area contributed by atoms with Crippen molar-refractivity contribution in [3.8, 4) is 0 Å². The normalized spacial score (nSPS) is 12.7. The number of benzene rings is 2. The summed E-state index contributed by atoms with van der Waals surface area (Å²) in [6, 6.07) is 15.9. The Kier molecular flexibility index (Phi) is 4.87. The first kappa shape index (κ1) is 14.4. The highest BCUT2D eigenvalue weighted by atomic mass is 35.5. The Hall–Kier alpha value is -1.02. The van der Waals surface area contributed by atoms with Crippen LogP contribution in [0.3, 0.4) is 0 Å². The quantitative estimate of drug-likeness (QED) is 0.867. The van der Waals surface area contributed by atoms with Crippen molar-refractivity contribution in [1.82, 2.24) is 0 Å². The molecule has 1 unspecified atom stereocenters. The second-order valence-electron chi connectivity index (χ2n) is 4.80. The molecule has 2 aromatic rings. The second kappa shape index (κ2) is 6.42. The van der Waals surface area contributed by atoms with Gasteiger partial charge in [0.2, 0.25) is 0 Å². The lowest BCUT2D eigenvalue weighted by Crippen LogP contribution is -2.20. The summed E-state index contributed by atoms with van der Waals surface area (Å²) < 4.78 is 0. The van der Waals surface area contributed by atoms with E-state index in [0.29, 0.717) is 12.5 Å². The first-order valence-corrected chi connectivity index (χ1v) is 7.08. The molecule has 3 heteroatoms. The lowest BCUT2D eigenvalue weighted by molar-refractivity contribution is 0.524. The van der Waals surface area contributed by atoms with Crippen LogP contribution in [0.5, 0.6) is 0 Å². The van der Waals surface area contributed by atoms with Gasteiger partial charge in [-0.15, -0.1) is 0 Å². The van der Waals surface area contributed by atoms with Gasteiger partial charge in [0, 0.05) is 16.0 Å². The van der Waals surface area contributed by atoms with E-state index in [1.54, 1.807) is 0 Å². The molecule has 2 N–H and O–H groups in total. The molecule has 2 aromatic carbocycles. The van der Waals surface area contributed by atoms with E-state index >= 15 is 0 Å². The van der Waals surface area contributed by atoms with Gasteiger partial charge in [0.1, 0.15) is 0 Å². The Balaban J connectivity index is 2.47. The average molecular weight is 294 g/mol. The predicted molar refractivity (Wildman–Crippen MR) is 83.0 cm³/mol. The zero-order valence-electron chi connectivity index (χ0n) is 10.8. The Morgan fingerprint density at radius 1 is 0.947 bits per heavy atom. The lowest BCUT2D eigenvalue weighted by Gasteiger charge is -2.24. The van der Waals surface area contributed by atoms with Gasteiger partial charge in [-0.1, -0.05) is 54.4 Å². The summed E-state index contributed by atoms with van der Waals surface area (Å²) in [4.78, 5) is 0. The van der Waals surface area contributed by atoms with E-state index in [1.807, 2.05) is 36.4 Å². The largest absolute Gasteiger partial charge is 0.330 e. The minimum Gasteiger partial charge on any atom is -0.330 e. The topological polar surface area (TPSA) is 26.0 Å². The van der Waals surface area contributed by atoms with E-state index in [-0.39, 0.29) is 5.92 Å². The maximum absolute atomic E-state index is 6.10. The van der Waals surface area contributed by atoms with Gasteiger partial charge < -0.3 is 5.73 Å². The molecule has 0 spiro atoms. The zero-order chi connectivity index (χ0) is 13.8. The molecule has 0 heterocycles. The SMILES string of the molecule is CC(CN)C(c1cccc(Cl)c1)c1cccc(Cl)c1. The van der Waals surface area contributed by atoms with E-state index in [4.69, 9.17) is 28.9 Å². The van der Waals surface area contributed by atoms with Crippen LogP contribution in [0.1, 0.15) is 24.0 Å². The van der Waals surface area contributed by atoms with Gasteiger partial charge in [0.15, 0.2) is 0 Å². The molecule has 0 aliphatic carbocycles. The van der Waals surface area contributed by atoms with Crippen molar-refractivity contribution in [1.29, 1.82) is 0 Å². The Morgan fingerprint density at radius 2 is 1.42 bits per heavy atom. The molecule has 0 saturated heterocycles. The van der Waals surface area contributed by atoms with Gasteiger partial charge in [-0.3, -0.25) is 0 Å². The molecular weight excluding hydrogens is 277 g/mol. The van der Waals surface area contributed by atoms with Crippen molar-refractivity contribution in [2.45, 2.75) is 12.8 Å². The summed E-state index contributed by atoms with van der Waals surface area (Å²) in [5.41, 5.74) is 8.21. The van der Waals surface area contributed by atoms with Crippen LogP contribution >= 0.6 is 23.2 Å². The van der Waals surface area contributed by atoms with Crippen molar-refractivity contribution in [2.75, 3.05) is 6.54 Å². The van der Waals surface area contributed by atoms with Gasteiger partial charge >= 0.3 is 0 Å². The molecule has 100 valence electrons. The molecule has 19 heavy (non-hydrogen) atoms. The van der Waals surface area contributed by atoms with Gasteiger partial charge in [-0.05, 0) is 47.9 Å². The molecule has 0 aromatic heterocycles. The molecule has 1 nitrogen and oxygen atoms in total. The Morgan fingerprint density at radius 3 is 1.79 bits per heavy atom. The number of hydrogen-bond acceptors (Lipinski definition) is 1. The Bertz CT molecular complexity index is 508. The van der Waals surface area contributed by atoms with E-state index < -0.39 is 0 Å². The van der Waals surface area contributed by atoms with Crippen LogP contribution in [-0.4, -0.2) is 6.54 Å². The highest BCUT2D eigenvalue weighted by Gasteiger charge is 2.20. The van der Waals surface area contributed by atoms with Crippen molar-refractivity contribution >= 4 is 23.2 Å². The molecule has 0 amide bonds. The predicted octanol–water partition coefficient (Wildman–Crippen LogP) is 4.72. The monoisotopic (exact) mass is 293 g/mol. The molecule has 2 rings (SSSR count). The lowest BCUT2D eigenvalue weighted by atomic mass is 9.82. The molecular formula is C16H17Cl2N. The summed E-state index contributed by atoms with van der Waals surface area (Å²) in [7, 11) is 0. The van der Waals surface area contributed by atoms with Crippen molar-refractivity contribution < 1.29 is 0 Å². The standard InChI is InChI=1S/C16H17Cl2N/c1-11(10-19)16(12-4-2-6-14(17)8-12)13-5-3-7-15(18)9-13/h2-9,11,16H,10,19H2,1H3. The molecule has 0 fully saturated rings. The minimum absolute atomic E-state index is 0.211. The van der Waals surface area contributed by atoms with Crippen LogP contribution in [0.4, 0.5) is 0 Å². The van der Waals surface area contributed by atoms with Crippen molar-refractivity contribution in [3.05, 3.63) is 69.7 Å². The first-order valence-electron chi connectivity index (χ1n) is 6.33. The van der Waals surface area contributed by atoms with Crippen LogP contribution in [0.25, 0.3) is 0 Å². The average Bonchev–Trinajstić information content (AvgIpc) is 2.39. The van der Waals surface area contributed by atoms with Crippen LogP contribution in [0, 0.1) is 5.92 Å². The van der Waals surface area contributed by atoms with Gasteiger partial charge in [0.05, 0.1) is 0 Å². The van der Waals surface area contributed by atoms with Gasteiger partial charge in [0.25, 0.3) is 0 Å². The van der Waals surface area contributed by atoms with Crippen LogP contribution in [0.15, 0.2) is 48.5 Å². The van der Waals surface area contributed by atoms with E-state index in [2.05, 4.69) is 19.1 Å². The Labute approximate surface area is 124 Å². The smallest absolute Gasteiger partial charge is 0.0408 e. The molecule has 0 radical (unpaired) electrons. The fourth-order valence-electron chi connectivity index (χ4n) is 2.39. The minimum atomic E-state index is 0.211. The maximum Gasteiger partial charge on any atom is 0.0408 e. The van der Waals surface area contributed by atoms with E-state index in [9.17, 15) is 0 Å². The van der Waals surface area contributed by atoms with Crippen LogP contribution < -0.4 is 5.73 Å². The van der Waals surface area contributed by atoms with Crippen molar-refractivity contribution in [3.63, 3.8) is 0 Å². The number of nitrogens with two attached hydrogens (primary N) is 1. The maximum atomic E-state index is 6.10. The third-order valence-corrected chi connectivity index (χ3v) is 3.83. The first-order chi connectivity index (χ1) is 9.11. The summed E-state index contributed by atoms with van der Waals surface area (Å²) in [6.07, 6.45) is 0. The summed E-state index contributed by atoms with van der Waals surface area (Å²) >= 11 is 12.2. The number of halogens is 2. The number of hydrogen-bond donors (Lipinski definition) is 1. The highest BCUT2D eigenvalue weighted by Crippen LogP contribution is 2.33. The summed E-state index contributed by atoms with van der Waals surface area (Å²) in [6.45, 7) is 2.76. The van der Waals surface area contributed by atoms with Gasteiger partial charge in [-0.2, -0.15) is 0 Å². The fraction of sp³-hybridized carbons (Fsp3) is 0.250. The molecule has 0 bridgehead atoms. The molecule has 0 saturated carbocycles. The third kappa shape index (κ3) is 3.50. The van der Waals surface area contributed by atoms with Crippen LogP contribution in [-0.2, 0) is 0 Å². The molecule has 0 aliphatic rings.